The van der Waals surface area contributed by atoms with Crippen LogP contribution in [0.25, 0.3) is 0 Å². The summed E-state index contributed by atoms with van der Waals surface area (Å²) >= 11 is 0. The van der Waals surface area contributed by atoms with Gasteiger partial charge in [0.1, 0.15) is 0 Å². The largest absolute Gasteiger partial charge is 1.00 e. The van der Waals surface area contributed by atoms with Crippen LogP contribution in [0.15, 0.2) is 18.2 Å². The monoisotopic (exact) mass is 236 g/mol. The van der Waals surface area contributed by atoms with E-state index in [0.717, 1.165) is 0 Å². The molecule has 1 unspecified atom stereocenters. The number of rotatable bonds is 4. The van der Waals surface area contributed by atoms with E-state index in [0.29, 0.717) is 0 Å². The van der Waals surface area contributed by atoms with Crippen molar-refractivity contribution < 1.29 is 57.5 Å². The summed E-state index contributed by atoms with van der Waals surface area (Å²) in [6, 6.07) is 2.87. The first kappa shape index (κ1) is 19.3. The smallest absolute Gasteiger partial charge is 0.548 e. The van der Waals surface area contributed by atoms with Gasteiger partial charge < -0.3 is 30.9 Å². The van der Waals surface area contributed by atoms with Gasteiger partial charge in [0.05, 0.1) is 29.4 Å². The maximum absolute atomic E-state index is 10.6. The molecule has 0 fully saturated rings. The first-order chi connectivity index (χ1) is 7.41. The molecule has 8 heteroatoms. The Kier molecular flexibility index (Phi) is 8.71. The number of carbonyl (C=O) groups is 2. The molecule has 1 aromatic rings. The van der Waals surface area contributed by atoms with E-state index in [1.165, 1.54) is 25.1 Å². The molecule has 1 atom stereocenters. The number of nitrogens with one attached hydrogen (secondary N) is 1. The first-order valence-corrected chi connectivity index (χ1v) is 4.50. The normalized spacial score (nSPS) is 10.5. The molecule has 0 radical (unpaired) electrons. The van der Waals surface area contributed by atoms with Crippen molar-refractivity contribution in [1.29, 1.82) is 0 Å². The molecule has 0 saturated carbocycles. The van der Waals surface area contributed by atoms with E-state index in [9.17, 15) is 19.8 Å². The zero-order chi connectivity index (χ0) is 12.3. The van der Waals surface area contributed by atoms with Crippen molar-refractivity contribution >= 4 is 23.3 Å². The van der Waals surface area contributed by atoms with Crippen molar-refractivity contribution in [3.05, 3.63) is 23.8 Å². The van der Waals surface area contributed by atoms with Gasteiger partial charge in [-0.3, -0.25) is 0 Å². The molecular weight excluding hydrogens is 226 g/mol. The summed E-state index contributed by atoms with van der Waals surface area (Å²) in [6.07, 6.45) is 0. The fourth-order valence-corrected chi connectivity index (χ4v) is 1.10. The Hall–Kier alpha value is -1.05. The second kappa shape index (κ2) is 8.13. The standard InChI is InChI=1S/C10H12N2O4.2Li/c1-5(9(13)14)12-8-4-6(10(15)16)2-3-7(8)11;;/h2-5,12H,11H2,1H3,(H,13,14)(H,15,16);;/q;2*+1/p-2. The molecule has 0 heterocycles. The second-order valence-corrected chi connectivity index (χ2v) is 3.27. The molecule has 0 aromatic heterocycles. The molecule has 3 N–H and O–H groups in total. The number of carboxylic acid groups (broad SMARTS) is 2. The van der Waals surface area contributed by atoms with Crippen molar-refractivity contribution in [2.75, 3.05) is 11.1 Å². The van der Waals surface area contributed by atoms with Crippen molar-refractivity contribution in [3.63, 3.8) is 0 Å². The Morgan fingerprint density at radius 2 is 1.83 bits per heavy atom. The number of hydrogen-bond acceptors (Lipinski definition) is 6. The van der Waals surface area contributed by atoms with Gasteiger partial charge in [0.2, 0.25) is 0 Å². The SMILES string of the molecule is CC(Nc1cc(C(=O)[O-])ccc1N)C(=O)[O-].[Li+].[Li+]. The number of nitrogens with two attached hydrogens (primary N) is 1. The second-order valence-electron chi connectivity index (χ2n) is 3.27. The first-order valence-electron chi connectivity index (χ1n) is 4.50. The van der Waals surface area contributed by atoms with Crippen molar-refractivity contribution in [2.24, 2.45) is 0 Å². The van der Waals surface area contributed by atoms with Gasteiger partial charge in [0.25, 0.3) is 0 Å². The van der Waals surface area contributed by atoms with Gasteiger partial charge in [-0.25, -0.2) is 0 Å². The molecule has 0 aliphatic carbocycles. The summed E-state index contributed by atoms with van der Waals surface area (Å²) in [5, 5.41) is 23.6. The molecule has 0 aliphatic rings. The van der Waals surface area contributed by atoms with Crippen molar-refractivity contribution in [1.82, 2.24) is 0 Å². The molecule has 18 heavy (non-hydrogen) atoms. The van der Waals surface area contributed by atoms with Crippen LogP contribution in [0.4, 0.5) is 11.4 Å². The van der Waals surface area contributed by atoms with Crippen LogP contribution in [0.3, 0.4) is 0 Å². The molecule has 86 valence electrons. The van der Waals surface area contributed by atoms with E-state index >= 15 is 0 Å². The number of hydrogen-bond donors (Lipinski definition) is 2. The van der Waals surface area contributed by atoms with E-state index in [1.807, 2.05) is 0 Å². The average Bonchev–Trinajstić information content (AvgIpc) is 2.20. The number of carbonyl (C=O) groups excluding carboxylic acids is 2. The maximum Gasteiger partial charge on any atom is 1.00 e. The number of benzene rings is 1. The summed E-state index contributed by atoms with van der Waals surface area (Å²) in [4.78, 5) is 21.1. The molecule has 0 bridgehead atoms. The van der Waals surface area contributed by atoms with Gasteiger partial charge in [-0.2, -0.15) is 0 Å². The van der Waals surface area contributed by atoms with E-state index < -0.39 is 18.0 Å². The molecule has 0 aliphatic heterocycles. The maximum atomic E-state index is 10.6. The zero-order valence-corrected chi connectivity index (χ0v) is 10.5. The molecule has 0 amide bonds. The van der Waals surface area contributed by atoms with E-state index in [4.69, 9.17) is 5.73 Å². The van der Waals surface area contributed by atoms with Gasteiger partial charge in [-0.1, -0.05) is 6.07 Å². The van der Waals surface area contributed by atoms with Crippen molar-refractivity contribution in [2.45, 2.75) is 13.0 Å². The Morgan fingerprint density at radius 3 is 2.28 bits per heavy atom. The fraction of sp³-hybridized carbons (Fsp3) is 0.200. The predicted octanol–water partition coefficient (Wildman–Crippen LogP) is -7.81. The summed E-state index contributed by atoms with van der Waals surface area (Å²) < 4.78 is 0. The minimum Gasteiger partial charge on any atom is -0.548 e. The number of anilines is 2. The Balaban J connectivity index is 0. The molecule has 1 aromatic carbocycles. The Bertz CT molecular complexity index is 440. The van der Waals surface area contributed by atoms with Crippen LogP contribution in [-0.4, -0.2) is 18.0 Å². The van der Waals surface area contributed by atoms with Crippen molar-refractivity contribution in [3.8, 4) is 0 Å². The number of nitrogen functional groups attached to an aromatic ring is 1. The topological polar surface area (TPSA) is 118 Å². The van der Waals surface area contributed by atoms with Crippen LogP contribution in [0.1, 0.15) is 17.3 Å². The fourth-order valence-electron chi connectivity index (χ4n) is 1.10. The van der Waals surface area contributed by atoms with Gasteiger partial charge in [-0.15, -0.1) is 0 Å². The third-order valence-electron chi connectivity index (χ3n) is 2.01. The van der Waals surface area contributed by atoms with E-state index in [-0.39, 0.29) is 54.7 Å². The van der Waals surface area contributed by atoms with E-state index in [1.54, 1.807) is 0 Å². The molecule has 0 saturated heterocycles. The van der Waals surface area contributed by atoms with Crippen LogP contribution >= 0.6 is 0 Å². The predicted molar refractivity (Wildman–Crippen MR) is 53.3 cm³/mol. The summed E-state index contributed by atoms with van der Waals surface area (Å²) in [5.74, 6) is -2.66. The third-order valence-corrected chi connectivity index (χ3v) is 2.01. The molecule has 0 spiro atoms. The molecular formula is C10H10Li2N2O4. The van der Waals surface area contributed by atoms with Crippen LogP contribution in [0, 0.1) is 0 Å². The number of carboxylic acids is 2. The van der Waals surface area contributed by atoms with Crippen LogP contribution in [0.5, 0.6) is 0 Å². The van der Waals surface area contributed by atoms with Gasteiger partial charge in [0.15, 0.2) is 0 Å². The van der Waals surface area contributed by atoms with Gasteiger partial charge in [-0.05, 0) is 24.6 Å². The minimum absolute atomic E-state index is 0. The average molecular weight is 236 g/mol. The zero-order valence-electron chi connectivity index (χ0n) is 10.5. The Labute approximate surface area is 128 Å². The van der Waals surface area contributed by atoms with E-state index in [2.05, 4.69) is 5.32 Å². The van der Waals surface area contributed by atoms with Gasteiger partial charge in [0, 0.05) is 0 Å². The Morgan fingerprint density at radius 1 is 1.28 bits per heavy atom. The summed E-state index contributed by atoms with van der Waals surface area (Å²) in [6.45, 7) is 1.36. The number of aromatic carboxylic acids is 1. The number of aliphatic carboxylic acids is 1. The third kappa shape index (κ3) is 5.08. The van der Waals surface area contributed by atoms with Gasteiger partial charge >= 0.3 is 37.7 Å². The molecule has 6 nitrogen and oxygen atoms in total. The van der Waals surface area contributed by atoms with Crippen LogP contribution < -0.4 is 59.0 Å². The summed E-state index contributed by atoms with van der Waals surface area (Å²) in [7, 11) is 0. The summed E-state index contributed by atoms with van der Waals surface area (Å²) in [5.41, 5.74) is 5.94. The van der Waals surface area contributed by atoms with Crippen LogP contribution in [0.2, 0.25) is 0 Å². The molecule has 1 rings (SSSR count). The minimum atomic E-state index is -1.36. The van der Waals surface area contributed by atoms with Crippen LogP contribution in [-0.2, 0) is 4.79 Å². The quantitative estimate of drug-likeness (QED) is 0.396.